The molecule has 0 aromatic heterocycles. The summed E-state index contributed by atoms with van der Waals surface area (Å²) in [5.41, 5.74) is 1.50. The van der Waals surface area contributed by atoms with Gasteiger partial charge in [-0.05, 0) is 42.2 Å². The molecule has 0 amide bonds. The molecule has 1 saturated heterocycles. The average molecular weight is 267 g/mol. The second-order valence-corrected chi connectivity index (χ2v) is 6.96. The molecule has 1 aromatic rings. The van der Waals surface area contributed by atoms with Crippen molar-refractivity contribution in [3.05, 3.63) is 35.6 Å². The highest BCUT2D eigenvalue weighted by Gasteiger charge is 2.33. The second-order valence-electron chi connectivity index (χ2n) is 5.81. The molecule has 3 heteroatoms. The van der Waals surface area contributed by atoms with Gasteiger partial charge in [0.15, 0.2) is 0 Å². The van der Waals surface area contributed by atoms with E-state index in [2.05, 4.69) is 26.1 Å². The lowest BCUT2D eigenvalue weighted by Gasteiger charge is -2.40. The Labute approximate surface area is 114 Å². The van der Waals surface area contributed by atoms with Crippen molar-refractivity contribution < 1.29 is 4.39 Å². The fourth-order valence-corrected chi connectivity index (χ4v) is 3.98. The van der Waals surface area contributed by atoms with Crippen molar-refractivity contribution in [2.75, 3.05) is 11.5 Å². The molecule has 100 valence electrons. The predicted molar refractivity (Wildman–Crippen MR) is 77.5 cm³/mol. The van der Waals surface area contributed by atoms with Gasteiger partial charge in [-0.2, -0.15) is 11.8 Å². The van der Waals surface area contributed by atoms with Gasteiger partial charge in [0.05, 0.1) is 0 Å². The smallest absolute Gasteiger partial charge is 0.123 e. The third-order valence-electron chi connectivity index (χ3n) is 3.94. The Morgan fingerprint density at radius 2 is 2.00 bits per heavy atom. The number of thioether (sulfide) groups is 1. The van der Waals surface area contributed by atoms with Crippen molar-refractivity contribution in [3.8, 4) is 0 Å². The van der Waals surface area contributed by atoms with Crippen LogP contribution in [-0.4, -0.2) is 17.5 Å². The molecule has 2 atom stereocenters. The van der Waals surface area contributed by atoms with Gasteiger partial charge >= 0.3 is 0 Å². The summed E-state index contributed by atoms with van der Waals surface area (Å²) in [6, 6.07) is 7.61. The number of benzene rings is 1. The zero-order valence-electron chi connectivity index (χ0n) is 11.4. The van der Waals surface area contributed by atoms with Gasteiger partial charge in [0, 0.05) is 17.8 Å². The Morgan fingerprint density at radius 3 is 2.61 bits per heavy atom. The van der Waals surface area contributed by atoms with Crippen molar-refractivity contribution in [1.82, 2.24) is 5.32 Å². The number of nitrogens with one attached hydrogen (secondary N) is 1. The van der Waals surface area contributed by atoms with E-state index in [-0.39, 0.29) is 11.9 Å². The van der Waals surface area contributed by atoms with Crippen LogP contribution in [0.4, 0.5) is 4.39 Å². The molecular formula is C15H22FNS. The lowest BCUT2D eigenvalue weighted by Crippen LogP contribution is -2.47. The van der Waals surface area contributed by atoms with E-state index in [4.69, 9.17) is 0 Å². The Bertz CT molecular complexity index is 388. The molecule has 1 aliphatic heterocycles. The van der Waals surface area contributed by atoms with Crippen LogP contribution < -0.4 is 5.32 Å². The summed E-state index contributed by atoms with van der Waals surface area (Å²) in [5, 5.41) is 3.70. The van der Waals surface area contributed by atoms with E-state index in [0.29, 0.717) is 11.5 Å². The van der Waals surface area contributed by atoms with Crippen LogP contribution in [0.1, 0.15) is 38.8 Å². The number of hydrogen-bond acceptors (Lipinski definition) is 2. The van der Waals surface area contributed by atoms with Crippen molar-refractivity contribution in [2.45, 2.75) is 39.3 Å². The summed E-state index contributed by atoms with van der Waals surface area (Å²) >= 11 is 2.02. The first kappa shape index (κ1) is 13.9. The van der Waals surface area contributed by atoms with Crippen molar-refractivity contribution in [1.29, 1.82) is 0 Å². The maximum Gasteiger partial charge on any atom is 0.123 e. The van der Waals surface area contributed by atoms with E-state index in [1.54, 1.807) is 0 Å². The molecule has 0 spiro atoms. The topological polar surface area (TPSA) is 12.0 Å². The molecule has 18 heavy (non-hydrogen) atoms. The summed E-state index contributed by atoms with van der Waals surface area (Å²) in [6.07, 6.45) is 1.26. The first-order chi connectivity index (χ1) is 8.49. The molecule has 2 rings (SSSR count). The molecule has 0 aliphatic carbocycles. The van der Waals surface area contributed by atoms with Gasteiger partial charge in [-0.15, -0.1) is 0 Å². The minimum absolute atomic E-state index is 0.167. The standard InChI is InChI=1S/C15H22FNS/c1-11(12-4-6-13(16)7-5-12)17-14-10-18-9-8-15(14,2)3/h4-7,11,14,17H,8-10H2,1-3H3/t11-,14?/m1/s1. The average Bonchev–Trinajstić information content (AvgIpc) is 2.32. The first-order valence-electron chi connectivity index (χ1n) is 6.58. The summed E-state index contributed by atoms with van der Waals surface area (Å²) in [7, 11) is 0. The predicted octanol–water partition coefficient (Wildman–Crippen LogP) is 4.01. The van der Waals surface area contributed by atoms with Crippen LogP contribution in [0.5, 0.6) is 0 Å². The highest BCUT2D eigenvalue weighted by Crippen LogP contribution is 2.35. The highest BCUT2D eigenvalue weighted by atomic mass is 32.2. The van der Waals surface area contributed by atoms with Crippen molar-refractivity contribution >= 4 is 11.8 Å². The number of rotatable bonds is 3. The molecule has 1 fully saturated rings. The van der Waals surface area contributed by atoms with Crippen molar-refractivity contribution in [2.24, 2.45) is 5.41 Å². The monoisotopic (exact) mass is 267 g/mol. The quantitative estimate of drug-likeness (QED) is 0.888. The van der Waals surface area contributed by atoms with Gasteiger partial charge in [0.25, 0.3) is 0 Å². The Kier molecular flexibility index (Phi) is 4.33. The zero-order chi connectivity index (χ0) is 13.2. The molecule has 0 saturated carbocycles. The Hall–Kier alpha value is -0.540. The minimum atomic E-state index is -0.167. The first-order valence-corrected chi connectivity index (χ1v) is 7.74. The maximum absolute atomic E-state index is 12.9. The Balaban J connectivity index is 2.02. The summed E-state index contributed by atoms with van der Waals surface area (Å²) in [6.45, 7) is 6.83. The van der Waals surface area contributed by atoms with Crippen LogP contribution in [0.15, 0.2) is 24.3 Å². The van der Waals surface area contributed by atoms with Crippen LogP contribution in [0.3, 0.4) is 0 Å². The van der Waals surface area contributed by atoms with Crippen LogP contribution in [0, 0.1) is 11.2 Å². The second kappa shape index (κ2) is 5.62. The number of halogens is 1. The number of hydrogen-bond donors (Lipinski definition) is 1. The third-order valence-corrected chi connectivity index (χ3v) is 5.00. The SMILES string of the molecule is C[C@@H](NC1CSCCC1(C)C)c1ccc(F)cc1. The molecule has 1 aromatic carbocycles. The van der Waals surface area contributed by atoms with Crippen molar-refractivity contribution in [3.63, 3.8) is 0 Å². The highest BCUT2D eigenvalue weighted by molar-refractivity contribution is 7.99. The minimum Gasteiger partial charge on any atom is -0.306 e. The van der Waals surface area contributed by atoms with E-state index in [9.17, 15) is 4.39 Å². The van der Waals surface area contributed by atoms with Crippen LogP contribution >= 0.6 is 11.8 Å². The zero-order valence-corrected chi connectivity index (χ0v) is 12.2. The molecule has 1 aliphatic rings. The fraction of sp³-hybridized carbons (Fsp3) is 0.600. The largest absolute Gasteiger partial charge is 0.306 e. The third kappa shape index (κ3) is 3.27. The van der Waals surface area contributed by atoms with E-state index in [0.717, 1.165) is 5.56 Å². The molecule has 1 N–H and O–H groups in total. The molecule has 0 bridgehead atoms. The van der Waals surface area contributed by atoms with E-state index in [1.807, 2.05) is 23.9 Å². The molecular weight excluding hydrogens is 245 g/mol. The van der Waals surface area contributed by atoms with Gasteiger partial charge in [0.2, 0.25) is 0 Å². The van der Waals surface area contributed by atoms with E-state index >= 15 is 0 Å². The van der Waals surface area contributed by atoms with Gasteiger partial charge in [0.1, 0.15) is 5.82 Å². The summed E-state index contributed by atoms with van der Waals surface area (Å²) in [5.74, 6) is 2.26. The van der Waals surface area contributed by atoms with Gasteiger partial charge in [-0.3, -0.25) is 0 Å². The summed E-state index contributed by atoms with van der Waals surface area (Å²) < 4.78 is 12.9. The van der Waals surface area contributed by atoms with Crippen LogP contribution in [-0.2, 0) is 0 Å². The molecule has 1 unspecified atom stereocenters. The Morgan fingerprint density at radius 1 is 1.33 bits per heavy atom. The van der Waals surface area contributed by atoms with Crippen LogP contribution in [0.25, 0.3) is 0 Å². The fourth-order valence-electron chi connectivity index (χ4n) is 2.36. The normalized spacial score (nSPS) is 24.8. The maximum atomic E-state index is 12.9. The van der Waals surface area contributed by atoms with E-state index < -0.39 is 0 Å². The van der Waals surface area contributed by atoms with Gasteiger partial charge in [-0.25, -0.2) is 4.39 Å². The molecule has 1 heterocycles. The summed E-state index contributed by atoms with van der Waals surface area (Å²) in [4.78, 5) is 0. The van der Waals surface area contributed by atoms with E-state index in [1.165, 1.54) is 30.1 Å². The van der Waals surface area contributed by atoms with Crippen LogP contribution in [0.2, 0.25) is 0 Å². The van der Waals surface area contributed by atoms with Gasteiger partial charge < -0.3 is 5.32 Å². The molecule has 0 radical (unpaired) electrons. The van der Waals surface area contributed by atoms with Gasteiger partial charge in [-0.1, -0.05) is 26.0 Å². The molecule has 1 nitrogen and oxygen atoms in total. The lowest BCUT2D eigenvalue weighted by atomic mass is 9.81. The lowest BCUT2D eigenvalue weighted by molar-refractivity contribution is 0.232.